The molecule has 2 aliphatic rings. The second-order valence-electron chi connectivity index (χ2n) is 9.37. The molecule has 1 aliphatic heterocycles. The third kappa shape index (κ3) is 4.77. The number of likely N-dealkylation sites (tertiary alicyclic amines) is 1. The number of nitrogens with one attached hydrogen (secondary N) is 2. The Balaban J connectivity index is 1.25. The predicted octanol–water partition coefficient (Wildman–Crippen LogP) is 3.95. The molecule has 1 spiro atoms. The highest BCUT2D eigenvalue weighted by Gasteiger charge is 2.45. The van der Waals surface area contributed by atoms with Gasteiger partial charge in [-0.05, 0) is 75.6 Å². The van der Waals surface area contributed by atoms with Crippen molar-refractivity contribution in [2.75, 3.05) is 19.6 Å². The summed E-state index contributed by atoms with van der Waals surface area (Å²) in [6.07, 6.45) is 8.44. The number of benzene rings is 1. The van der Waals surface area contributed by atoms with E-state index in [2.05, 4.69) is 57.7 Å². The fraction of sp³-hybridized carbons (Fsp3) is 0.600. The summed E-state index contributed by atoms with van der Waals surface area (Å²) in [7, 11) is 0. The van der Waals surface area contributed by atoms with Crippen LogP contribution in [0.2, 0.25) is 0 Å². The van der Waals surface area contributed by atoms with Gasteiger partial charge in [0.1, 0.15) is 0 Å². The van der Waals surface area contributed by atoms with E-state index in [0.717, 1.165) is 50.3 Å². The minimum Gasteiger partial charge on any atom is -0.353 e. The van der Waals surface area contributed by atoms with Crippen LogP contribution in [0.15, 0.2) is 30.3 Å². The average molecular weight is 409 g/mol. The first kappa shape index (κ1) is 21.1. The molecule has 5 heteroatoms. The summed E-state index contributed by atoms with van der Waals surface area (Å²) < 4.78 is 0. The summed E-state index contributed by atoms with van der Waals surface area (Å²) in [4.78, 5) is 15.3. The largest absolute Gasteiger partial charge is 0.353 e. The Bertz CT molecular complexity index is 836. The summed E-state index contributed by atoms with van der Waals surface area (Å²) >= 11 is 0. The summed E-state index contributed by atoms with van der Waals surface area (Å²) in [5, 5.41) is 10.8. The molecule has 2 N–H and O–H groups in total. The van der Waals surface area contributed by atoms with Crippen LogP contribution < -0.4 is 5.32 Å². The Morgan fingerprint density at radius 2 is 1.93 bits per heavy atom. The lowest BCUT2D eigenvalue weighted by atomic mass is 9.74. The summed E-state index contributed by atoms with van der Waals surface area (Å²) in [5.74, 6) is 0.188. The molecular formula is C25H36N4O. The van der Waals surface area contributed by atoms with Crippen LogP contribution in [0.4, 0.5) is 0 Å². The SMILES string of the molecule is Cc1[nH]nc(CCC(=O)NC2CCCC23CCN(CCc2ccccc2)CC3)c1C. The van der Waals surface area contributed by atoms with E-state index < -0.39 is 0 Å². The molecule has 2 heterocycles. The molecule has 5 nitrogen and oxygen atoms in total. The molecule has 1 amide bonds. The average Bonchev–Trinajstić information content (AvgIpc) is 3.30. The van der Waals surface area contributed by atoms with Gasteiger partial charge in [0.2, 0.25) is 5.91 Å². The third-order valence-electron chi connectivity index (χ3n) is 7.60. The van der Waals surface area contributed by atoms with E-state index in [4.69, 9.17) is 0 Å². The number of amides is 1. The monoisotopic (exact) mass is 408 g/mol. The highest BCUT2D eigenvalue weighted by atomic mass is 16.1. The Hall–Kier alpha value is -2.14. The lowest BCUT2D eigenvalue weighted by Gasteiger charge is -2.43. The number of aromatic amines is 1. The lowest BCUT2D eigenvalue weighted by molar-refractivity contribution is -0.122. The zero-order valence-corrected chi connectivity index (χ0v) is 18.5. The van der Waals surface area contributed by atoms with Gasteiger partial charge in [0.15, 0.2) is 0 Å². The third-order valence-corrected chi connectivity index (χ3v) is 7.60. The fourth-order valence-corrected chi connectivity index (χ4v) is 5.39. The number of aryl methyl sites for hydroxylation is 2. The molecule has 1 unspecified atom stereocenters. The molecular weight excluding hydrogens is 372 g/mol. The van der Waals surface area contributed by atoms with Crippen molar-refractivity contribution in [1.82, 2.24) is 20.4 Å². The molecule has 1 aromatic carbocycles. The van der Waals surface area contributed by atoms with Crippen molar-refractivity contribution in [3.63, 3.8) is 0 Å². The predicted molar refractivity (Wildman–Crippen MR) is 120 cm³/mol. The van der Waals surface area contributed by atoms with Gasteiger partial charge in [-0.2, -0.15) is 5.10 Å². The Morgan fingerprint density at radius 3 is 2.63 bits per heavy atom. The van der Waals surface area contributed by atoms with Crippen molar-refractivity contribution >= 4 is 5.91 Å². The number of nitrogens with zero attached hydrogens (tertiary/aromatic N) is 2. The number of hydrogen-bond donors (Lipinski definition) is 2. The van der Waals surface area contributed by atoms with Crippen LogP contribution in [0.3, 0.4) is 0 Å². The van der Waals surface area contributed by atoms with Crippen LogP contribution in [0.1, 0.15) is 61.0 Å². The number of aromatic nitrogens is 2. The van der Waals surface area contributed by atoms with Crippen molar-refractivity contribution < 1.29 is 4.79 Å². The Kier molecular flexibility index (Phi) is 6.57. The van der Waals surface area contributed by atoms with Gasteiger partial charge in [0, 0.05) is 31.1 Å². The summed E-state index contributed by atoms with van der Waals surface area (Å²) in [6.45, 7) is 7.56. The topological polar surface area (TPSA) is 61.0 Å². The molecule has 0 radical (unpaired) electrons. The Labute approximate surface area is 180 Å². The fourth-order valence-electron chi connectivity index (χ4n) is 5.39. The molecule has 2 aromatic rings. The van der Waals surface area contributed by atoms with Crippen molar-refractivity contribution in [3.8, 4) is 0 Å². The zero-order valence-electron chi connectivity index (χ0n) is 18.5. The quantitative estimate of drug-likeness (QED) is 0.729. The van der Waals surface area contributed by atoms with Gasteiger partial charge >= 0.3 is 0 Å². The molecule has 4 rings (SSSR count). The van der Waals surface area contributed by atoms with Crippen LogP contribution in [-0.2, 0) is 17.6 Å². The van der Waals surface area contributed by atoms with Crippen molar-refractivity contribution in [2.45, 2.75) is 71.3 Å². The second kappa shape index (κ2) is 9.34. The van der Waals surface area contributed by atoms with E-state index in [1.807, 2.05) is 6.92 Å². The van der Waals surface area contributed by atoms with Crippen LogP contribution in [0.5, 0.6) is 0 Å². The van der Waals surface area contributed by atoms with Gasteiger partial charge in [-0.15, -0.1) is 0 Å². The van der Waals surface area contributed by atoms with Crippen LogP contribution in [0.25, 0.3) is 0 Å². The molecule has 1 atom stereocenters. The van der Waals surface area contributed by atoms with Crippen molar-refractivity contribution in [3.05, 3.63) is 52.8 Å². The minimum atomic E-state index is 0.188. The highest BCUT2D eigenvalue weighted by molar-refractivity contribution is 5.76. The van der Waals surface area contributed by atoms with Crippen LogP contribution in [0, 0.1) is 19.3 Å². The van der Waals surface area contributed by atoms with Gasteiger partial charge in [-0.25, -0.2) is 0 Å². The standard InChI is InChI=1S/C25H36N4O/c1-19-20(2)27-28-22(19)10-11-24(30)26-23-9-6-13-25(23)14-17-29(18-15-25)16-12-21-7-4-3-5-8-21/h3-5,7-8,23H,6,9-18H2,1-2H3,(H,26,30)(H,27,28). The normalized spacial score (nSPS) is 21.2. The smallest absolute Gasteiger partial charge is 0.220 e. The van der Waals surface area contributed by atoms with E-state index in [1.165, 1.54) is 36.8 Å². The molecule has 162 valence electrons. The summed E-state index contributed by atoms with van der Waals surface area (Å²) in [5.41, 5.74) is 5.04. The van der Waals surface area contributed by atoms with Gasteiger partial charge in [-0.3, -0.25) is 9.89 Å². The summed E-state index contributed by atoms with van der Waals surface area (Å²) in [6, 6.07) is 11.1. The molecule has 30 heavy (non-hydrogen) atoms. The number of carbonyl (C=O) groups excluding carboxylic acids is 1. The maximum absolute atomic E-state index is 12.7. The van der Waals surface area contributed by atoms with E-state index in [1.54, 1.807) is 0 Å². The van der Waals surface area contributed by atoms with Gasteiger partial charge < -0.3 is 10.2 Å². The first-order valence-corrected chi connectivity index (χ1v) is 11.6. The minimum absolute atomic E-state index is 0.188. The lowest BCUT2D eigenvalue weighted by Crippen LogP contribution is -2.50. The molecule has 1 aliphatic carbocycles. The number of piperidine rings is 1. The maximum atomic E-state index is 12.7. The maximum Gasteiger partial charge on any atom is 0.220 e. The van der Waals surface area contributed by atoms with E-state index in [0.29, 0.717) is 17.9 Å². The van der Waals surface area contributed by atoms with Gasteiger partial charge in [0.25, 0.3) is 0 Å². The zero-order chi connectivity index (χ0) is 21.0. The Morgan fingerprint density at radius 1 is 1.17 bits per heavy atom. The van der Waals surface area contributed by atoms with E-state index in [9.17, 15) is 4.79 Å². The highest BCUT2D eigenvalue weighted by Crippen LogP contribution is 2.46. The molecule has 1 aromatic heterocycles. The number of hydrogen-bond acceptors (Lipinski definition) is 3. The first-order valence-electron chi connectivity index (χ1n) is 11.6. The number of H-pyrrole nitrogens is 1. The van der Waals surface area contributed by atoms with Crippen LogP contribution >= 0.6 is 0 Å². The van der Waals surface area contributed by atoms with E-state index in [-0.39, 0.29) is 5.91 Å². The molecule has 2 fully saturated rings. The number of carbonyl (C=O) groups is 1. The van der Waals surface area contributed by atoms with Gasteiger partial charge in [-0.1, -0.05) is 36.8 Å². The van der Waals surface area contributed by atoms with Crippen LogP contribution in [-0.4, -0.2) is 46.7 Å². The van der Waals surface area contributed by atoms with Gasteiger partial charge in [0.05, 0.1) is 5.69 Å². The molecule has 1 saturated heterocycles. The van der Waals surface area contributed by atoms with Crippen molar-refractivity contribution in [2.24, 2.45) is 5.41 Å². The molecule has 1 saturated carbocycles. The molecule has 0 bridgehead atoms. The second-order valence-corrected chi connectivity index (χ2v) is 9.37. The van der Waals surface area contributed by atoms with Crippen molar-refractivity contribution in [1.29, 1.82) is 0 Å². The number of rotatable bonds is 7. The van der Waals surface area contributed by atoms with E-state index >= 15 is 0 Å². The first-order chi connectivity index (χ1) is 14.6.